The van der Waals surface area contributed by atoms with Gasteiger partial charge in [-0.2, -0.15) is 0 Å². The number of nitrogens with zero attached hydrogens (tertiary/aromatic N) is 3. The Morgan fingerprint density at radius 1 is 1.35 bits per heavy atom. The summed E-state index contributed by atoms with van der Waals surface area (Å²) < 4.78 is 4.56. The predicted octanol–water partition coefficient (Wildman–Crippen LogP) is 0.0946. The lowest BCUT2D eigenvalue weighted by Gasteiger charge is -2.27. The van der Waals surface area contributed by atoms with Crippen LogP contribution in [0.4, 0.5) is 5.82 Å². The molecule has 1 N–H and O–H groups in total. The molecule has 0 radical (unpaired) electrons. The van der Waals surface area contributed by atoms with Crippen molar-refractivity contribution in [3.63, 3.8) is 0 Å². The van der Waals surface area contributed by atoms with Crippen LogP contribution in [0.3, 0.4) is 0 Å². The summed E-state index contributed by atoms with van der Waals surface area (Å²) >= 11 is 0. The maximum atomic E-state index is 11.2. The number of hydrogen-bond acceptors (Lipinski definition) is 6. The molecule has 0 unspecified atom stereocenters. The van der Waals surface area contributed by atoms with Gasteiger partial charge in [0.05, 0.1) is 7.11 Å². The minimum atomic E-state index is -0.459. The van der Waals surface area contributed by atoms with Crippen LogP contribution < -0.4 is 10.2 Å². The van der Waals surface area contributed by atoms with Gasteiger partial charge in [-0.15, -0.1) is 22.6 Å². The first-order valence-electron chi connectivity index (χ1n) is 5.19. The first kappa shape index (κ1) is 13.7. The van der Waals surface area contributed by atoms with E-state index in [2.05, 4.69) is 25.2 Å². The lowest BCUT2D eigenvalue weighted by atomic mass is 10.3. The van der Waals surface area contributed by atoms with Gasteiger partial charge in [0.25, 0.3) is 0 Å². The smallest absolute Gasteiger partial charge is 0.358 e. The quantitative estimate of drug-likeness (QED) is 0.759. The molecule has 0 spiro atoms. The number of aromatic nitrogens is 2. The number of hydrogen-bond donors (Lipinski definition) is 1. The second kappa shape index (κ2) is 6.36. The van der Waals surface area contributed by atoms with Crippen molar-refractivity contribution in [1.82, 2.24) is 15.5 Å². The summed E-state index contributed by atoms with van der Waals surface area (Å²) in [5.41, 5.74) is 0.237. The third-order valence-electron chi connectivity index (χ3n) is 2.49. The molecule has 0 aliphatic carbocycles. The molecule has 1 aliphatic heterocycles. The second-order valence-corrected chi connectivity index (χ2v) is 3.51. The van der Waals surface area contributed by atoms with Gasteiger partial charge in [0.1, 0.15) is 0 Å². The first-order chi connectivity index (χ1) is 7.81. The van der Waals surface area contributed by atoms with Gasteiger partial charge in [0, 0.05) is 26.2 Å². The van der Waals surface area contributed by atoms with Gasteiger partial charge in [-0.05, 0) is 12.1 Å². The molecular formula is C10H15ClN4O2. The van der Waals surface area contributed by atoms with E-state index in [1.807, 2.05) is 0 Å². The summed E-state index contributed by atoms with van der Waals surface area (Å²) in [7, 11) is 1.33. The highest BCUT2D eigenvalue weighted by atomic mass is 35.5. The molecule has 1 aliphatic rings. The number of carbonyl (C=O) groups excluding carboxylic acids is 1. The fourth-order valence-electron chi connectivity index (χ4n) is 1.60. The molecule has 17 heavy (non-hydrogen) atoms. The fraction of sp³-hybridized carbons (Fsp3) is 0.500. The molecule has 2 rings (SSSR count). The van der Waals surface area contributed by atoms with Crippen molar-refractivity contribution in [2.75, 3.05) is 38.2 Å². The van der Waals surface area contributed by atoms with Crippen molar-refractivity contribution < 1.29 is 9.53 Å². The number of ether oxygens (including phenoxy) is 1. The Kier molecular flexibility index (Phi) is 5.11. The van der Waals surface area contributed by atoms with Crippen LogP contribution in [0.15, 0.2) is 12.1 Å². The summed E-state index contributed by atoms with van der Waals surface area (Å²) in [4.78, 5) is 13.3. The number of halogens is 1. The van der Waals surface area contributed by atoms with Gasteiger partial charge >= 0.3 is 5.97 Å². The Morgan fingerprint density at radius 2 is 2.06 bits per heavy atom. The summed E-state index contributed by atoms with van der Waals surface area (Å²) in [6.45, 7) is 3.71. The van der Waals surface area contributed by atoms with Crippen LogP contribution >= 0.6 is 12.4 Å². The minimum Gasteiger partial charge on any atom is -0.464 e. The van der Waals surface area contributed by atoms with Crippen LogP contribution in [0, 0.1) is 0 Å². The monoisotopic (exact) mass is 258 g/mol. The Hall–Kier alpha value is -1.40. The number of methoxy groups -OCH3 is 1. The van der Waals surface area contributed by atoms with Crippen LogP contribution in [0.5, 0.6) is 0 Å². The lowest BCUT2D eigenvalue weighted by Crippen LogP contribution is -2.44. The number of anilines is 1. The highest BCUT2D eigenvalue weighted by molar-refractivity contribution is 5.87. The van der Waals surface area contributed by atoms with Crippen LogP contribution in [0.1, 0.15) is 10.5 Å². The molecule has 0 amide bonds. The Labute approximate surface area is 106 Å². The van der Waals surface area contributed by atoms with Gasteiger partial charge in [0.15, 0.2) is 11.5 Å². The van der Waals surface area contributed by atoms with Gasteiger partial charge in [-0.1, -0.05) is 0 Å². The largest absolute Gasteiger partial charge is 0.464 e. The van der Waals surface area contributed by atoms with Crippen molar-refractivity contribution in [2.24, 2.45) is 0 Å². The standard InChI is InChI=1S/C10H14N4O2.ClH/c1-16-10(15)8-2-3-9(13-12-8)14-6-4-11-5-7-14;/h2-3,11H,4-7H2,1H3;1H. The zero-order valence-corrected chi connectivity index (χ0v) is 10.4. The zero-order chi connectivity index (χ0) is 11.4. The molecule has 1 fully saturated rings. The maximum Gasteiger partial charge on any atom is 0.358 e. The van der Waals surface area contributed by atoms with Crippen molar-refractivity contribution in [3.05, 3.63) is 17.8 Å². The van der Waals surface area contributed by atoms with E-state index in [-0.39, 0.29) is 18.1 Å². The highest BCUT2D eigenvalue weighted by Gasteiger charge is 2.13. The van der Waals surface area contributed by atoms with Crippen LogP contribution in [0.25, 0.3) is 0 Å². The molecular weight excluding hydrogens is 244 g/mol. The zero-order valence-electron chi connectivity index (χ0n) is 9.55. The molecule has 6 nitrogen and oxygen atoms in total. The highest BCUT2D eigenvalue weighted by Crippen LogP contribution is 2.10. The molecule has 2 heterocycles. The van der Waals surface area contributed by atoms with Crippen molar-refractivity contribution in [3.8, 4) is 0 Å². The number of esters is 1. The van der Waals surface area contributed by atoms with E-state index in [0.717, 1.165) is 32.0 Å². The van der Waals surface area contributed by atoms with Crippen molar-refractivity contribution in [1.29, 1.82) is 0 Å². The first-order valence-corrected chi connectivity index (χ1v) is 5.19. The van der Waals surface area contributed by atoms with Gasteiger partial charge in [-0.25, -0.2) is 4.79 Å². The lowest BCUT2D eigenvalue weighted by molar-refractivity contribution is 0.0592. The average Bonchev–Trinajstić information content (AvgIpc) is 2.39. The van der Waals surface area contributed by atoms with Crippen molar-refractivity contribution in [2.45, 2.75) is 0 Å². The number of carbonyl (C=O) groups is 1. The third-order valence-corrected chi connectivity index (χ3v) is 2.49. The van der Waals surface area contributed by atoms with E-state index in [4.69, 9.17) is 0 Å². The molecule has 0 aromatic carbocycles. The third kappa shape index (κ3) is 3.28. The van der Waals surface area contributed by atoms with E-state index >= 15 is 0 Å². The minimum absolute atomic E-state index is 0. The van der Waals surface area contributed by atoms with Gasteiger partial charge in [0.2, 0.25) is 0 Å². The van der Waals surface area contributed by atoms with E-state index in [1.165, 1.54) is 7.11 Å². The summed E-state index contributed by atoms with van der Waals surface area (Å²) in [6.07, 6.45) is 0. The number of nitrogens with one attached hydrogen (secondary N) is 1. The van der Waals surface area contributed by atoms with Crippen molar-refractivity contribution >= 4 is 24.2 Å². The van der Waals surface area contributed by atoms with Gasteiger partial charge in [-0.3, -0.25) is 0 Å². The van der Waals surface area contributed by atoms with E-state index in [9.17, 15) is 4.79 Å². The molecule has 0 saturated carbocycles. The normalized spacial score (nSPS) is 15.0. The molecule has 94 valence electrons. The molecule has 1 aromatic heterocycles. The van der Waals surface area contributed by atoms with Crippen LogP contribution in [-0.2, 0) is 4.74 Å². The van der Waals surface area contributed by atoms with Crippen LogP contribution in [-0.4, -0.2) is 49.5 Å². The Balaban J connectivity index is 0.00000144. The number of piperazine rings is 1. The SMILES string of the molecule is COC(=O)c1ccc(N2CCNCC2)nn1.Cl. The molecule has 1 aromatic rings. The fourth-order valence-corrected chi connectivity index (χ4v) is 1.60. The maximum absolute atomic E-state index is 11.2. The molecule has 1 saturated heterocycles. The summed E-state index contributed by atoms with van der Waals surface area (Å²) in [6, 6.07) is 3.43. The van der Waals surface area contributed by atoms with Gasteiger partial charge < -0.3 is 15.0 Å². The summed E-state index contributed by atoms with van der Waals surface area (Å²) in [5.74, 6) is 0.341. The Morgan fingerprint density at radius 3 is 2.59 bits per heavy atom. The van der Waals surface area contributed by atoms with E-state index in [0.29, 0.717) is 0 Å². The molecule has 0 atom stereocenters. The second-order valence-electron chi connectivity index (χ2n) is 3.51. The van der Waals surface area contributed by atoms with E-state index in [1.54, 1.807) is 12.1 Å². The molecule has 0 bridgehead atoms. The molecule has 7 heteroatoms. The van der Waals surface area contributed by atoms with E-state index < -0.39 is 5.97 Å². The van der Waals surface area contributed by atoms with Crippen LogP contribution in [0.2, 0.25) is 0 Å². The summed E-state index contributed by atoms with van der Waals surface area (Å²) in [5, 5.41) is 11.1. The Bertz CT molecular complexity index is 365. The topological polar surface area (TPSA) is 67.3 Å². The number of rotatable bonds is 2. The predicted molar refractivity (Wildman–Crippen MR) is 65.7 cm³/mol. The average molecular weight is 259 g/mol.